The Bertz CT molecular complexity index is 272. The van der Waals surface area contributed by atoms with E-state index in [0.717, 1.165) is 25.7 Å². The fourth-order valence-corrected chi connectivity index (χ4v) is 2.01. The van der Waals surface area contributed by atoms with Gasteiger partial charge in [-0.05, 0) is 26.2 Å². The number of carboxylic acid groups (broad SMARTS) is 1. The third-order valence-corrected chi connectivity index (χ3v) is 3.12. The number of nitrogens with one attached hydrogen (secondary N) is 1. The van der Waals surface area contributed by atoms with Gasteiger partial charge in [0.2, 0.25) is 5.91 Å². The smallest absolute Gasteiger partial charge is 0.303 e. The summed E-state index contributed by atoms with van der Waals surface area (Å²) < 4.78 is 0. The van der Waals surface area contributed by atoms with E-state index in [0.29, 0.717) is 6.42 Å². The summed E-state index contributed by atoms with van der Waals surface area (Å²) in [6.07, 6.45) is 3.95. The Morgan fingerprint density at radius 2 is 2.00 bits per heavy atom. The highest BCUT2D eigenvalue weighted by Crippen LogP contribution is 2.27. The van der Waals surface area contributed by atoms with Gasteiger partial charge in [-0.1, -0.05) is 12.8 Å². The number of carbonyl (C=O) groups excluding carboxylic acids is 1. The molecule has 0 aromatic carbocycles. The van der Waals surface area contributed by atoms with Gasteiger partial charge in [0.1, 0.15) is 0 Å². The summed E-state index contributed by atoms with van der Waals surface area (Å²) in [6.45, 7) is 1.80. The van der Waals surface area contributed by atoms with Gasteiger partial charge in [-0.15, -0.1) is 0 Å². The first-order valence-electron chi connectivity index (χ1n) is 5.76. The zero-order valence-corrected chi connectivity index (χ0v) is 9.66. The lowest BCUT2D eigenvalue weighted by Crippen LogP contribution is -2.54. The zero-order chi connectivity index (χ0) is 12.2. The van der Waals surface area contributed by atoms with Crippen LogP contribution in [-0.4, -0.2) is 28.6 Å². The van der Waals surface area contributed by atoms with Gasteiger partial charge in [-0.3, -0.25) is 9.59 Å². The Morgan fingerprint density at radius 3 is 2.50 bits per heavy atom. The Hall–Kier alpha value is -1.10. The second-order valence-corrected chi connectivity index (χ2v) is 4.67. The third kappa shape index (κ3) is 3.48. The Kier molecular flexibility index (Phi) is 4.29. The molecule has 0 aromatic heterocycles. The first-order chi connectivity index (χ1) is 7.44. The summed E-state index contributed by atoms with van der Waals surface area (Å²) >= 11 is 0. The highest BCUT2D eigenvalue weighted by molar-refractivity contribution is 5.86. The fraction of sp³-hybridized carbons (Fsp3) is 0.818. The zero-order valence-electron chi connectivity index (χ0n) is 9.66. The molecule has 0 aromatic rings. The van der Waals surface area contributed by atoms with E-state index in [-0.39, 0.29) is 18.4 Å². The summed E-state index contributed by atoms with van der Waals surface area (Å²) in [5, 5.41) is 11.3. The molecule has 1 rings (SSSR count). The second-order valence-electron chi connectivity index (χ2n) is 4.67. The lowest BCUT2D eigenvalue weighted by atomic mass is 9.97. The molecule has 1 aliphatic rings. The number of aliphatic carboxylic acids is 1. The largest absolute Gasteiger partial charge is 0.481 e. The molecule has 1 aliphatic carbocycles. The number of nitrogens with two attached hydrogens (primary N) is 1. The molecule has 1 atom stereocenters. The molecule has 4 N–H and O–H groups in total. The first kappa shape index (κ1) is 13.0. The van der Waals surface area contributed by atoms with Gasteiger partial charge in [-0.2, -0.15) is 0 Å². The molecule has 1 amide bonds. The normalized spacial score (nSPS) is 20.4. The Balaban J connectivity index is 2.35. The fourth-order valence-electron chi connectivity index (χ4n) is 2.01. The van der Waals surface area contributed by atoms with E-state index >= 15 is 0 Å². The van der Waals surface area contributed by atoms with Crippen molar-refractivity contribution in [1.82, 2.24) is 5.32 Å². The van der Waals surface area contributed by atoms with Crippen molar-refractivity contribution < 1.29 is 14.7 Å². The second kappa shape index (κ2) is 5.30. The van der Waals surface area contributed by atoms with Crippen LogP contribution in [0.2, 0.25) is 0 Å². The minimum absolute atomic E-state index is 0.0685. The van der Waals surface area contributed by atoms with Crippen LogP contribution in [0.4, 0.5) is 0 Å². The van der Waals surface area contributed by atoms with Crippen LogP contribution in [0.1, 0.15) is 45.4 Å². The van der Waals surface area contributed by atoms with Gasteiger partial charge < -0.3 is 16.2 Å². The molecule has 0 bridgehead atoms. The van der Waals surface area contributed by atoms with Crippen LogP contribution in [0.25, 0.3) is 0 Å². The summed E-state index contributed by atoms with van der Waals surface area (Å²) in [7, 11) is 0. The quantitative estimate of drug-likeness (QED) is 0.643. The summed E-state index contributed by atoms with van der Waals surface area (Å²) in [5.74, 6) is -0.979. The van der Waals surface area contributed by atoms with Crippen LogP contribution < -0.4 is 11.1 Å². The molecule has 1 saturated carbocycles. The Labute approximate surface area is 95.4 Å². The molecule has 0 aliphatic heterocycles. The molecule has 0 heterocycles. The standard InChI is InChI=1S/C11H20N2O3/c1-8(4-5-9(14)15)13-10(16)11(12)6-2-3-7-11/h8H,2-7,12H2,1H3,(H,13,16)(H,14,15). The lowest BCUT2D eigenvalue weighted by Gasteiger charge is -2.24. The molecular weight excluding hydrogens is 208 g/mol. The van der Waals surface area contributed by atoms with Crippen molar-refractivity contribution in [3.05, 3.63) is 0 Å². The van der Waals surface area contributed by atoms with Crippen molar-refractivity contribution in [3.8, 4) is 0 Å². The van der Waals surface area contributed by atoms with Gasteiger partial charge in [0, 0.05) is 12.5 Å². The molecule has 0 radical (unpaired) electrons. The van der Waals surface area contributed by atoms with E-state index in [2.05, 4.69) is 5.32 Å². The van der Waals surface area contributed by atoms with E-state index < -0.39 is 11.5 Å². The van der Waals surface area contributed by atoms with E-state index in [4.69, 9.17) is 10.8 Å². The number of carboxylic acids is 1. The molecule has 92 valence electrons. The lowest BCUT2D eigenvalue weighted by molar-refractivity contribution is -0.137. The first-order valence-corrected chi connectivity index (χ1v) is 5.76. The van der Waals surface area contributed by atoms with Crippen LogP contribution in [-0.2, 0) is 9.59 Å². The van der Waals surface area contributed by atoms with Gasteiger partial charge in [0.05, 0.1) is 5.54 Å². The van der Waals surface area contributed by atoms with Crippen molar-refractivity contribution in [2.75, 3.05) is 0 Å². The van der Waals surface area contributed by atoms with Crippen molar-refractivity contribution >= 4 is 11.9 Å². The number of hydrogen-bond acceptors (Lipinski definition) is 3. The Morgan fingerprint density at radius 1 is 1.44 bits per heavy atom. The maximum Gasteiger partial charge on any atom is 0.303 e. The van der Waals surface area contributed by atoms with E-state index in [1.165, 1.54) is 0 Å². The van der Waals surface area contributed by atoms with Gasteiger partial charge in [-0.25, -0.2) is 0 Å². The summed E-state index contributed by atoms with van der Waals surface area (Å²) in [5.41, 5.74) is 5.25. The highest BCUT2D eigenvalue weighted by atomic mass is 16.4. The molecular formula is C11H20N2O3. The number of rotatable bonds is 5. The molecule has 5 heteroatoms. The monoisotopic (exact) mass is 228 g/mol. The third-order valence-electron chi connectivity index (χ3n) is 3.12. The van der Waals surface area contributed by atoms with E-state index in [1.807, 2.05) is 0 Å². The minimum Gasteiger partial charge on any atom is -0.481 e. The SMILES string of the molecule is CC(CCC(=O)O)NC(=O)C1(N)CCCC1. The topological polar surface area (TPSA) is 92.4 Å². The van der Waals surface area contributed by atoms with Gasteiger partial charge in [0.25, 0.3) is 0 Å². The van der Waals surface area contributed by atoms with Gasteiger partial charge in [0.15, 0.2) is 0 Å². The van der Waals surface area contributed by atoms with Crippen molar-refractivity contribution in [3.63, 3.8) is 0 Å². The maximum atomic E-state index is 11.8. The predicted octanol–water partition coefficient (Wildman–Crippen LogP) is 0.627. The average Bonchev–Trinajstić information content (AvgIpc) is 2.63. The summed E-state index contributed by atoms with van der Waals surface area (Å²) in [6, 6.07) is -0.135. The van der Waals surface area contributed by atoms with Crippen LogP contribution >= 0.6 is 0 Å². The molecule has 1 unspecified atom stereocenters. The molecule has 0 saturated heterocycles. The number of carbonyl (C=O) groups is 2. The summed E-state index contributed by atoms with van der Waals surface area (Å²) in [4.78, 5) is 22.2. The minimum atomic E-state index is -0.843. The van der Waals surface area contributed by atoms with Crippen LogP contribution in [0.5, 0.6) is 0 Å². The molecule has 1 fully saturated rings. The van der Waals surface area contributed by atoms with Gasteiger partial charge >= 0.3 is 5.97 Å². The number of amides is 1. The van der Waals surface area contributed by atoms with Crippen molar-refractivity contribution in [1.29, 1.82) is 0 Å². The molecule has 16 heavy (non-hydrogen) atoms. The predicted molar refractivity (Wildman–Crippen MR) is 59.9 cm³/mol. The highest BCUT2D eigenvalue weighted by Gasteiger charge is 2.37. The van der Waals surface area contributed by atoms with Crippen LogP contribution in [0.3, 0.4) is 0 Å². The molecule has 5 nitrogen and oxygen atoms in total. The van der Waals surface area contributed by atoms with Crippen molar-refractivity contribution in [2.45, 2.75) is 57.0 Å². The van der Waals surface area contributed by atoms with Crippen LogP contribution in [0.15, 0.2) is 0 Å². The van der Waals surface area contributed by atoms with Crippen LogP contribution in [0, 0.1) is 0 Å². The number of hydrogen-bond donors (Lipinski definition) is 3. The van der Waals surface area contributed by atoms with E-state index in [9.17, 15) is 9.59 Å². The van der Waals surface area contributed by atoms with Crippen molar-refractivity contribution in [2.24, 2.45) is 5.73 Å². The average molecular weight is 228 g/mol. The van der Waals surface area contributed by atoms with E-state index in [1.54, 1.807) is 6.92 Å². The maximum absolute atomic E-state index is 11.8. The molecule has 0 spiro atoms.